The van der Waals surface area contributed by atoms with Gasteiger partial charge in [0.1, 0.15) is 11.4 Å². The predicted octanol–water partition coefficient (Wildman–Crippen LogP) is 1.25. The average Bonchev–Trinajstić information content (AvgIpc) is 2.16. The monoisotopic (exact) mass is 250 g/mol. The molecule has 0 heterocycles. The number of carbonyl (C=O) groups excluding carboxylic acids is 1. The van der Waals surface area contributed by atoms with Crippen molar-refractivity contribution in [2.75, 3.05) is 12.9 Å². The molecule has 0 aromatic heterocycles. The lowest BCUT2D eigenvalue weighted by Crippen LogP contribution is -2.39. The molecule has 0 saturated heterocycles. The molecule has 0 aliphatic heterocycles. The van der Waals surface area contributed by atoms with E-state index in [1.165, 1.54) is 6.92 Å². The van der Waals surface area contributed by atoms with Crippen LogP contribution in [0.1, 0.15) is 27.2 Å². The normalized spacial score (nSPS) is 15.2. The number of hydrogen-bond acceptors (Lipinski definition) is 5. The van der Waals surface area contributed by atoms with Gasteiger partial charge in [-0.05, 0) is 20.3 Å². The van der Waals surface area contributed by atoms with Crippen molar-refractivity contribution in [1.82, 2.24) is 0 Å². The highest BCUT2D eigenvalue weighted by molar-refractivity contribution is 7.86. The van der Waals surface area contributed by atoms with Crippen LogP contribution >= 0.6 is 0 Å². The zero-order valence-corrected chi connectivity index (χ0v) is 10.9. The predicted molar refractivity (Wildman–Crippen MR) is 60.4 cm³/mol. The minimum absolute atomic E-state index is 0.231. The Kier molecular flexibility index (Phi) is 5.15. The van der Waals surface area contributed by atoms with Gasteiger partial charge in [0.05, 0.1) is 7.11 Å². The van der Waals surface area contributed by atoms with Gasteiger partial charge >= 0.3 is 5.97 Å². The molecule has 0 saturated carbocycles. The molecule has 0 radical (unpaired) electrons. The molecule has 0 aliphatic rings. The fourth-order valence-corrected chi connectivity index (χ4v) is 2.08. The van der Waals surface area contributed by atoms with E-state index in [2.05, 4.69) is 10.8 Å². The van der Waals surface area contributed by atoms with Crippen molar-refractivity contribution in [3.05, 3.63) is 12.2 Å². The topological polar surface area (TPSA) is 69.7 Å². The van der Waals surface area contributed by atoms with Crippen LogP contribution in [0.2, 0.25) is 0 Å². The van der Waals surface area contributed by atoms with Crippen molar-refractivity contribution in [2.45, 2.75) is 32.8 Å². The Morgan fingerprint density at radius 3 is 2.25 bits per heavy atom. The number of rotatable bonds is 6. The molecule has 0 bridgehead atoms. The second kappa shape index (κ2) is 5.45. The Morgan fingerprint density at radius 1 is 1.44 bits per heavy atom. The molecule has 6 heteroatoms. The Labute approximate surface area is 96.6 Å². The van der Waals surface area contributed by atoms with Crippen molar-refractivity contribution in [1.29, 1.82) is 0 Å². The minimum atomic E-state index is -3.67. The molecule has 1 unspecified atom stereocenters. The quantitative estimate of drug-likeness (QED) is 0.403. The number of esters is 1. The van der Waals surface area contributed by atoms with Crippen LogP contribution in [-0.2, 0) is 23.8 Å². The molecule has 1 atom stereocenters. The molecular weight excluding hydrogens is 232 g/mol. The van der Waals surface area contributed by atoms with Crippen molar-refractivity contribution < 1.29 is 22.1 Å². The summed E-state index contributed by atoms with van der Waals surface area (Å²) >= 11 is 0. The van der Waals surface area contributed by atoms with Crippen molar-refractivity contribution in [3.63, 3.8) is 0 Å². The summed E-state index contributed by atoms with van der Waals surface area (Å²) in [7, 11) is -2.59. The van der Waals surface area contributed by atoms with Crippen LogP contribution < -0.4 is 0 Å². The molecule has 94 valence electrons. The highest BCUT2D eigenvalue weighted by Gasteiger charge is 2.33. The number of carbonyl (C=O) groups is 1. The summed E-state index contributed by atoms with van der Waals surface area (Å²) < 4.78 is 32.0. The van der Waals surface area contributed by atoms with Gasteiger partial charge in [-0.2, -0.15) is 8.42 Å². The third-order valence-electron chi connectivity index (χ3n) is 2.17. The summed E-state index contributed by atoms with van der Waals surface area (Å²) in [4.78, 5) is 11.3. The molecule has 0 spiro atoms. The average molecular weight is 250 g/mol. The fraction of sp³-hybridized carbons (Fsp3) is 0.700. The van der Waals surface area contributed by atoms with E-state index in [1.54, 1.807) is 13.8 Å². The first-order valence-corrected chi connectivity index (χ1v) is 6.40. The first kappa shape index (κ1) is 15.1. The zero-order valence-electron chi connectivity index (χ0n) is 10.1. The third kappa shape index (κ3) is 4.76. The van der Waals surface area contributed by atoms with Crippen LogP contribution in [-0.4, -0.2) is 32.9 Å². The lowest BCUT2D eigenvalue weighted by molar-refractivity contribution is -0.151. The second-order valence-electron chi connectivity index (χ2n) is 3.84. The van der Waals surface area contributed by atoms with E-state index in [0.29, 0.717) is 6.42 Å². The van der Waals surface area contributed by atoms with E-state index < -0.39 is 21.7 Å². The van der Waals surface area contributed by atoms with Gasteiger partial charge in [0, 0.05) is 5.57 Å². The SMILES string of the molecule is C=C(C)C(=O)OC(C)(CC)CS(=O)(=O)OC. The molecule has 5 nitrogen and oxygen atoms in total. The first-order valence-electron chi connectivity index (χ1n) is 4.83. The van der Waals surface area contributed by atoms with Crippen LogP contribution in [0.5, 0.6) is 0 Å². The number of hydrogen-bond donors (Lipinski definition) is 0. The maximum absolute atomic E-state index is 11.3. The second-order valence-corrected chi connectivity index (χ2v) is 5.58. The van der Waals surface area contributed by atoms with Crippen LogP contribution in [0.15, 0.2) is 12.2 Å². The van der Waals surface area contributed by atoms with Crippen molar-refractivity contribution in [3.8, 4) is 0 Å². The fourth-order valence-electron chi connectivity index (χ4n) is 0.947. The van der Waals surface area contributed by atoms with Gasteiger partial charge in [0.25, 0.3) is 10.1 Å². The smallest absolute Gasteiger partial charge is 0.333 e. The van der Waals surface area contributed by atoms with Crippen molar-refractivity contribution >= 4 is 16.1 Å². The molecule has 0 rings (SSSR count). The van der Waals surface area contributed by atoms with E-state index in [0.717, 1.165) is 7.11 Å². The van der Waals surface area contributed by atoms with Crippen LogP contribution in [0.4, 0.5) is 0 Å². The summed E-state index contributed by atoms with van der Waals surface area (Å²) in [5.74, 6) is -0.970. The Balaban J connectivity index is 4.80. The highest BCUT2D eigenvalue weighted by Crippen LogP contribution is 2.20. The van der Waals surface area contributed by atoms with Gasteiger partial charge in [-0.3, -0.25) is 4.18 Å². The lowest BCUT2D eigenvalue weighted by Gasteiger charge is -2.27. The van der Waals surface area contributed by atoms with Crippen molar-refractivity contribution in [2.24, 2.45) is 0 Å². The Morgan fingerprint density at radius 2 is 1.94 bits per heavy atom. The number of ether oxygens (including phenoxy) is 1. The first-order chi connectivity index (χ1) is 7.16. The summed E-state index contributed by atoms with van der Waals surface area (Å²) in [6.07, 6.45) is 0.370. The van der Waals surface area contributed by atoms with Gasteiger partial charge in [0.15, 0.2) is 0 Å². The van der Waals surface area contributed by atoms with E-state index in [9.17, 15) is 13.2 Å². The van der Waals surface area contributed by atoms with E-state index >= 15 is 0 Å². The van der Waals surface area contributed by atoms with Gasteiger partial charge in [-0.1, -0.05) is 13.5 Å². The van der Waals surface area contributed by atoms with E-state index in [4.69, 9.17) is 4.74 Å². The third-order valence-corrected chi connectivity index (χ3v) is 3.64. The Hall–Kier alpha value is -0.880. The molecule has 0 fully saturated rings. The molecule has 0 aliphatic carbocycles. The largest absolute Gasteiger partial charge is 0.455 e. The molecule has 0 N–H and O–H groups in total. The summed E-state index contributed by atoms with van der Waals surface area (Å²) in [6, 6.07) is 0. The Bertz CT molecular complexity index is 371. The zero-order chi connectivity index (χ0) is 13.0. The van der Waals surface area contributed by atoms with Crippen LogP contribution in [0.25, 0.3) is 0 Å². The minimum Gasteiger partial charge on any atom is -0.455 e. The molecular formula is C10H18O5S. The summed E-state index contributed by atoms with van der Waals surface area (Å²) in [5.41, 5.74) is -0.861. The van der Waals surface area contributed by atoms with Crippen LogP contribution in [0, 0.1) is 0 Å². The molecule has 0 amide bonds. The van der Waals surface area contributed by atoms with Gasteiger partial charge in [-0.15, -0.1) is 0 Å². The van der Waals surface area contributed by atoms with Crippen LogP contribution in [0.3, 0.4) is 0 Å². The lowest BCUT2D eigenvalue weighted by atomic mass is 10.1. The maximum Gasteiger partial charge on any atom is 0.333 e. The maximum atomic E-state index is 11.3. The van der Waals surface area contributed by atoms with Gasteiger partial charge in [0.2, 0.25) is 0 Å². The highest BCUT2D eigenvalue weighted by atomic mass is 32.2. The molecule has 0 aromatic rings. The molecule has 16 heavy (non-hydrogen) atoms. The summed E-state index contributed by atoms with van der Waals surface area (Å²) in [6.45, 7) is 8.22. The van der Waals surface area contributed by atoms with E-state index in [-0.39, 0.29) is 11.3 Å². The van der Waals surface area contributed by atoms with Gasteiger partial charge in [-0.25, -0.2) is 4.79 Å². The van der Waals surface area contributed by atoms with E-state index in [1.807, 2.05) is 0 Å². The standard InChI is InChI=1S/C10H18O5S/c1-6-10(4,7-16(12,13)14-5)15-9(11)8(2)3/h2,6-7H2,1,3-5H3. The van der Waals surface area contributed by atoms with Gasteiger partial charge < -0.3 is 4.74 Å². The summed E-state index contributed by atoms with van der Waals surface area (Å²) in [5, 5.41) is 0. The molecule has 0 aromatic carbocycles.